The monoisotopic (exact) mass is 454 g/mol. The number of hydrogen-bond donors (Lipinski definition) is 1. The molecule has 0 unspecified atom stereocenters. The standard InChI is InChI=1S/C21H21F3N2O4S/c1-31(28,29)15-5-6-18(30-11-13-3-2-4-13)16(7-15)19-17-10-26(12-27)9-14(17)8-25-20(19)21(22,23)24/h5-8,10,12-13,25H,2-4,9,11H2,1H3. The number of nitrogens with zero attached hydrogens (tertiary/aromatic N) is 1. The summed E-state index contributed by atoms with van der Waals surface area (Å²) in [5.41, 5.74) is -0.549. The lowest BCUT2D eigenvalue weighted by molar-refractivity contribution is -0.115. The summed E-state index contributed by atoms with van der Waals surface area (Å²) in [4.78, 5) is 12.4. The molecule has 1 N–H and O–H groups in total. The second-order valence-corrected chi connectivity index (χ2v) is 9.94. The van der Waals surface area contributed by atoms with Crippen LogP contribution in [0.2, 0.25) is 0 Å². The van der Waals surface area contributed by atoms with Gasteiger partial charge in [0.25, 0.3) is 0 Å². The molecule has 0 atom stereocenters. The molecule has 0 saturated heterocycles. The van der Waals surface area contributed by atoms with E-state index in [1.807, 2.05) is 0 Å². The van der Waals surface area contributed by atoms with E-state index in [0.29, 0.717) is 24.5 Å². The molecule has 10 heteroatoms. The summed E-state index contributed by atoms with van der Waals surface area (Å²) >= 11 is 0. The van der Waals surface area contributed by atoms with Crippen molar-refractivity contribution in [1.82, 2.24) is 10.2 Å². The van der Waals surface area contributed by atoms with Crippen molar-refractivity contribution in [3.63, 3.8) is 0 Å². The summed E-state index contributed by atoms with van der Waals surface area (Å²) in [6.07, 6.45) is 2.40. The molecular weight excluding hydrogens is 433 g/mol. The van der Waals surface area contributed by atoms with E-state index >= 15 is 0 Å². The fourth-order valence-electron chi connectivity index (χ4n) is 3.79. The van der Waals surface area contributed by atoms with Crippen LogP contribution in [0.5, 0.6) is 5.75 Å². The van der Waals surface area contributed by atoms with Crippen LogP contribution in [-0.4, -0.2) is 45.3 Å². The molecule has 2 heterocycles. The molecule has 0 spiro atoms. The smallest absolute Gasteiger partial charge is 0.431 e. The number of sulfone groups is 1. The molecular formula is C21H21F3N2O4S. The van der Waals surface area contributed by atoms with Gasteiger partial charge in [-0.3, -0.25) is 4.79 Å². The van der Waals surface area contributed by atoms with Gasteiger partial charge in [-0.25, -0.2) is 8.42 Å². The zero-order valence-electron chi connectivity index (χ0n) is 16.7. The van der Waals surface area contributed by atoms with Crippen LogP contribution in [0, 0.1) is 5.92 Å². The first-order chi connectivity index (χ1) is 14.6. The van der Waals surface area contributed by atoms with Crippen LogP contribution in [0.15, 0.2) is 52.3 Å². The molecule has 31 heavy (non-hydrogen) atoms. The van der Waals surface area contributed by atoms with E-state index in [9.17, 15) is 26.4 Å². The van der Waals surface area contributed by atoms with Gasteiger partial charge in [0, 0.05) is 35.4 Å². The fraction of sp³-hybridized carbons (Fsp3) is 0.381. The van der Waals surface area contributed by atoms with Gasteiger partial charge in [-0.1, -0.05) is 6.42 Å². The number of hydrogen-bond acceptors (Lipinski definition) is 5. The lowest BCUT2D eigenvalue weighted by atomic mass is 9.86. The van der Waals surface area contributed by atoms with Crippen LogP contribution in [0.25, 0.3) is 5.57 Å². The highest BCUT2D eigenvalue weighted by Crippen LogP contribution is 2.45. The normalized spacial score (nSPS) is 19.3. The van der Waals surface area contributed by atoms with Crippen LogP contribution >= 0.6 is 0 Å². The highest BCUT2D eigenvalue weighted by molar-refractivity contribution is 7.90. The number of benzene rings is 1. The van der Waals surface area contributed by atoms with Gasteiger partial charge in [0.2, 0.25) is 6.41 Å². The van der Waals surface area contributed by atoms with Gasteiger partial charge in [-0.15, -0.1) is 0 Å². The van der Waals surface area contributed by atoms with E-state index in [2.05, 4.69) is 5.32 Å². The lowest BCUT2D eigenvalue weighted by Gasteiger charge is -2.28. The largest absolute Gasteiger partial charge is 0.493 e. The zero-order valence-corrected chi connectivity index (χ0v) is 17.5. The van der Waals surface area contributed by atoms with Crippen molar-refractivity contribution in [3.8, 4) is 5.75 Å². The molecule has 4 rings (SSSR count). The molecule has 1 aromatic carbocycles. The number of ether oxygens (including phenoxy) is 1. The number of dihydropyridines is 1. The van der Waals surface area contributed by atoms with Crippen LogP contribution in [0.1, 0.15) is 24.8 Å². The third kappa shape index (κ3) is 4.21. The number of alkyl halides is 3. The Bertz CT molecular complexity index is 1120. The van der Waals surface area contributed by atoms with Crippen molar-refractivity contribution in [3.05, 3.63) is 53.0 Å². The zero-order chi connectivity index (χ0) is 22.4. The molecule has 0 bridgehead atoms. The van der Waals surface area contributed by atoms with Gasteiger partial charge >= 0.3 is 6.18 Å². The highest BCUT2D eigenvalue weighted by atomic mass is 32.2. The molecule has 1 saturated carbocycles. The minimum Gasteiger partial charge on any atom is -0.493 e. The Labute approximate surface area is 178 Å². The van der Waals surface area contributed by atoms with E-state index in [-0.39, 0.29) is 33.9 Å². The number of allylic oxidation sites excluding steroid dienone is 2. The third-order valence-electron chi connectivity index (χ3n) is 5.67. The summed E-state index contributed by atoms with van der Waals surface area (Å²) in [5, 5.41) is 2.30. The average molecular weight is 454 g/mol. The molecule has 166 valence electrons. The van der Waals surface area contributed by atoms with Gasteiger partial charge in [0.15, 0.2) is 9.84 Å². The maximum atomic E-state index is 13.9. The minimum atomic E-state index is -4.74. The number of nitrogens with one attached hydrogen (secondary N) is 1. The minimum absolute atomic E-state index is 0.0201. The van der Waals surface area contributed by atoms with Crippen molar-refractivity contribution in [2.75, 3.05) is 19.4 Å². The van der Waals surface area contributed by atoms with Gasteiger partial charge < -0.3 is 15.0 Å². The lowest BCUT2D eigenvalue weighted by Crippen LogP contribution is -2.28. The first-order valence-corrected chi connectivity index (χ1v) is 11.6. The Hall–Kier alpha value is -2.75. The number of fused-ring (bicyclic) bond motifs is 1. The molecule has 1 fully saturated rings. The Morgan fingerprint density at radius 2 is 2.03 bits per heavy atom. The molecule has 1 aromatic rings. The van der Waals surface area contributed by atoms with Gasteiger partial charge in [0.1, 0.15) is 11.4 Å². The van der Waals surface area contributed by atoms with Crippen LogP contribution in [-0.2, 0) is 14.6 Å². The highest BCUT2D eigenvalue weighted by Gasteiger charge is 2.42. The Balaban J connectivity index is 1.90. The summed E-state index contributed by atoms with van der Waals surface area (Å²) in [6.45, 7) is 0.458. The second kappa shape index (κ2) is 7.74. The van der Waals surface area contributed by atoms with E-state index in [4.69, 9.17) is 4.74 Å². The van der Waals surface area contributed by atoms with E-state index in [0.717, 1.165) is 25.5 Å². The summed E-state index contributed by atoms with van der Waals surface area (Å²) < 4.78 is 71.9. The molecule has 0 aromatic heterocycles. The van der Waals surface area contributed by atoms with Gasteiger partial charge in [-0.05, 0) is 42.5 Å². The van der Waals surface area contributed by atoms with Crippen molar-refractivity contribution in [2.24, 2.45) is 5.92 Å². The number of rotatable bonds is 6. The Morgan fingerprint density at radius 3 is 2.61 bits per heavy atom. The summed E-state index contributed by atoms with van der Waals surface area (Å²) in [5.74, 6) is 0.499. The number of carbonyl (C=O) groups excluding carboxylic acids is 1. The molecule has 2 aliphatic heterocycles. The Morgan fingerprint density at radius 1 is 1.29 bits per heavy atom. The summed E-state index contributed by atoms with van der Waals surface area (Å²) in [7, 11) is -3.68. The third-order valence-corrected chi connectivity index (χ3v) is 6.78. The number of amides is 1. The van der Waals surface area contributed by atoms with Crippen molar-refractivity contribution in [2.45, 2.75) is 30.3 Å². The molecule has 3 aliphatic rings. The second-order valence-electron chi connectivity index (χ2n) is 7.92. The topological polar surface area (TPSA) is 75.7 Å². The van der Waals surface area contributed by atoms with Crippen molar-refractivity contribution in [1.29, 1.82) is 0 Å². The average Bonchev–Trinajstić information content (AvgIpc) is 3.08. The number of carbonyl (C=O) groups is 1. The fourth-order valence-corrected chi connectivity index (χ4v) is 4.44. The predicted octanol–water partition coefficient (Wildman–Crippen LogP) is 3.39. The maximum absolute atomic E-state index is 13.9. The van der Waals surface area contributed by atoms with Crippen molar-refractivity contribution < 1.29 is 31.1 Å². The molecule has 1 aliphatic carbocycles. The van der Waals surface area contributed by atoms with Gasteiger partial charge in [0.05, 0.1) is 18.0 Å². The SMILES string of the molecule is CS(=O)(=O)c1ccc(OCC2CCC2)c(C2=C(C(F)(F)F)NC=C3CN(C=O)C=C32)c1. The van der Waals surface area contributed by atoms with Crippen molar-refractivity contribution >= 4 is 21.8 Å². The summed E-state index contributed by atoms with van der Waals surface area (Å²) in [6, 6.07) is 3.94. The van der Waals surface area contributed by atoms with Crippen LogP contribution < -0.4 is 10.1 Å². The number of halogens is 3. The van der Waals surface area contributed by atoms with Crippen LogP contribution in [0.3, 0.4) is 0 Å². The molecule has 0 radical (unpaired) electrons. The first kappa shape index (κ1) is 21.5. The van der Waals surface area contributed by atoms with E-state index < -0.39 is 21.7 Å². The van der Waals surface area contributed by atoms with E-state index in [1.54, 1.807) is 0 Å². The van der Waals surface area contributed by atoms with E-state index in [1.165, 1.54) is 35.5 Å². The molecule has 1 amide bonds. The Kier molecular flexibility index (Phi) is 5.36. The van der Waals surface area contributed by atoms with Gasteiger partial charge in [-0.2, -0.15) is 13.2 Å². The molecule has 6 nitrogen and oxygen atoms in total. The predicted molar refractivity (Wildman–Crippen MR) is 107 cm³/mol. The van der Waals surface area contributed by atoms with Crippen LogP contribution in [0.4, 0.5) is 13.2 Å². The quantitative estimate of drug-likeness (QED) is 0.667. The maximum Gasteiger partial charge on any atom is 0.431 e. The first-order valence-electron chi connectivity index (χ1n) is 9.76.